The molecular weight excluding hydrogens is 241 g/mol. The van der Waals surface area contributed by atoms with Crippen molar-refractivity contribution in [2.75, 3.05) is 6.61 Å². The van der Waals surface area contributed by atoms with Crippen LogP contribution in [0.1, 0.15) is 20.7 Å². The Labute approximate surface area is 93.6 Å². The van der Waals surface area contributed by atoms with E-state index < -0.39 is 24.7 Å². The third-order valence-electron chi connectivity index (χ3n) is 1.82. The van der Waals surface area contributed by atoms with Crippen molar-refractivity contribution in [3.8, 4) is 0 Å². The fraction of sp³-hybridized carbons (Fsp3) is 0.200. The molecule has 0 atom stereocenters. The first-order valence-corrected chi connectivity index (χ1v) is 4.37. The molecule has 0 saturated carbocycles. The fourth-order valence-corrected chi connectivity index (χ4v) is 1.03. The number of aromatic carboxylic acids is 1. The molecule has 4 nitrogen and oxygen atoms in total. The Morgan fingerprint density at radius 2 is 1.59 bits per heavy atom. The van der Waals surface area contributed by atoms with Gasteiger partial charge in [0.05, 0.1) is 5.56 Å². The van der Waals surface area contributed by atoms with Gasteiger partial charge in [-0.15, -0.1) is 13.2 Å². The van der Waals surface area contributed by atoms with Crippen molar-refractivity contribution in [3.05, 3.63) is 35.4 Å². The normalized spacial score (nSPS) is 11.2. The van der Waals surface area contributed by atoms with Gasteiger partial charge in [-0.2, -0.15) is 0 Å². The Hall–Kier alpha value is -1.89. The van der Waals surface area contributed by atoms with Crippen molar-refractivity contribution in [1.29, 1.82) is 0 Å². The van der Waals surface area contributed by atoms with Crippen LogP contribution in [-0.2, 0) is 4.74 Å². The number of halogens is 3. The molecular formula is C10H7F3O4. The van der Waals surface area contributed by atoms with Crippen LogP contribution in [0.5, 0.6) is 0 Å². The average molecular weight is 248 g/mol. The lowest BCUT2D eigenvalue weighted by atomic mass is 10.1. The zero-order valence-electron chi connectivity index (χ0n) is 8.32. The summed E-state index contributed by atoms with van der Waals surface area (Å²) in [6, 6.07) is 4.52. The predicted molar refractivity (Wildman–Crippen MR) is 49.7 cm³/mol. The van der Waals surface area contributed by atoms with Gasteiger partial charge in [0.1, 0.15) is 6.61 Å². The number of hydrogen-bond donors (Lipinski definition) is 1. The minimum absolute atomic E-state index is 0.0424. The smallest absolute Gasteiger partial charge is 0.478 e. The summed E-state index contributed by atoms with van der Waals surface area (Å²) in [5.74, 6) is -2.06. The molecule has 0 aliphatic heterocycles. The summed E-state index contributed by atoms with van der Waals surface area (Å²) in [6.45, 7) is -1.13. The molecule has 0 saturated heterocycles. The van der Waals surface area contributed by atoms with E-state index in [4.69, 9.17) is 5.11 Å². The Bertz CT molecular complexity index is 422. The number of benzene rings is 1. The molecule has 1 aromatic rings. The number of carboxylic acids is 1. The van der Waals surface area contributed by atoms with Gasteiger partial charge in [0.15, 0.2) is 5.78 Å². The summed E-state index contributed by atoms with van der Waals surface area (Å²) in [7, 11) is 0. The quantitative estimate of drug-likeness (QED) is 0.829. The number of alkyl halides is 3. The maximum Gasteiger partial charge on any atom is 0.522 e. The van der Waals surface area contributed by atoms with Crippen molar-refractivity contribution >= 4 is 11.8 Å². The van der Waals surface area contributed by atoms with E-state index in [2.05, 4.69) is 4.74 Å². The summed E-state index contributed by atoms with van der Waals surface area (Å²) in [5.41, 5.74) is -0.0995. The van der Waals surface area contributed by atoms with Crippen molar-refractivity contribution in [1.82, 2.24) is 0 Å². The SMILES string of the molecule is O=C(O)c1ccc(C(=O)COC(F)(F)F)cc1. The molecule has 0 radical (unpaired) electrons. The van der Waals surface area contributed by atoms with Crippen LogP contribution in [0, 0.1) is 0 Å². The van der Waals surface area contributed by atoms with Gasteiger partial charge < -0.3 is 5.11 Å². The minimum Gasteiger partial charge on any atom is -0.478 e. The van der Waals surface area contributed by atoms with Crippen LogP contribution in [0.4, 0.5) is 13.2 Å². The lowest BCUT2D eigenvalue weighted by Crippen LogP contribution is -2.19. The van der Waals surface area contributed by atoms with Gasteiger partial charge in [-0.05, 0) is 12.1 Å². The van der Waals surface area contributed by atoms with Crippen molar-refractivity contribution in [3.63, 3.8) is 0 Å². The molecule has 0 aromatic heterocycles. The summed E-state index contributed by atoms with van der Waals surface area (Å²) in [5, 5.41) is 8.57. The Morgan fingerprint density at radius 1 is 1.12 bits per heavy atom. The van der Waals surface area contributed by atoms with E-state index in [0.29, 0.717) is 0 Å². The molecule has 7 heteroatoms. The highest BCUT2D eigenvalue weighted by Gasteiger charge is 2.30. The molecule has 0 amide bonds. The molecule has 1 aromatic carbocycles. The van der Waals surface area contributed by atoms with Gasteiger partial charge in [0, 0.05) is 5.56 Å². The van der Waals surface area contributed by atoms with Gasteiger partial charge in [-0.25, -0.2) is 4.79 Å². The number of hydrogen-bond acceptors (Lipinski definition) is 3. The lowest BCUT2D eigenvalue weighted by Gasteiger charge is -2.06. The van der Waals surface area contributed by atoms with E-state index in [0.717, 1.165) is 24.3 Å². The van der Waals surface area contributed by atoms with Crippen molar-refractivity contribution < 1.29 is 32.6 Å². The topological polar surface area (TPSA) is 63.6 Å². The second-order valence-corrected chi connectivity index (χ2v) is 3.04. The van der Waals surface area contributed by atoms with E-state index in [1.54, 1.807) is 0 Å². The van der Waals surface area contributed by atoms with Crippen LogP contribution in [0.3, 0.4) is 0 Å². The Balaban J connectivity index is 2.67. The summed E-state index contributed by atoms with van der Waals surface area (Å²) in [6.07, 6.45) is -4.86. The second-order valence-electron chi connectivity index (χ2n) is 3.04. The van der Waals surface area contributed by atoms with Crippen molar-refractivity contribution in [2.45, 2.75) is 6.36 Å². The van der Waals surface area contributed by atoms with Gasteiger partial charge >= 0.3 is 12.3 Å². The van der Waals surface area contributed by atoms with E-state index in [9.17, 15) is 22.8 Å². The Kier molecular flexibility index (Phi) is 3.84. The van der Waals surface area contributed by atoms with E-state index in [-0.39, 0.29) is 11.1 Å². The highest BCUT2D eigenvalue weighted by molar-refractivity contribution is 5.98. The molecule has 0 heterocycles. The van der Waals surface area contributed by atoms with E-state index in [1.807, 2.05) is 0 Å². The van der Waals surface area contributed by atoms with Crippen LogP contribution >= 0.6 is 0 Å². The van der Waals surface area contributed by atoms with Crippen LogP contribution in [-0.4, -0.2) is 29.8 Å². The molecule has 17 heavy (non-hydrogen) atoms. The van der Waals surface area contributed by atoms with E-state index in [1.165, 1.54) is 0 Å². The molecule has 1 rings (SSSR count). The molecule has 1 N–H and O–H groups in total. The van der Waals surface area contributed by atoms with Gasteiger partial charge in [0.25, 0.3) is 0 Å². The monoisotopic (exact) mass is 248 g/mol. The molecule has 0 spiro atoms. The van der Waals surface area contributed by atoms with Gasteiger partial charge in [-0.3, -0.25) is 9.53 Å². The number of rotatable bonds is 4. The average Bonchev–Trinajstić information content (AvgIpc) is 2.25. The highest BCUT2D eigenvalue weighted by Crippen LogP contribution is 2.16. The highest BCUT2D eigenvalue weighted by atomic mass is 19.4. The third-order valence-corrected chi connectivity index (χ3v) is 1.82. The molecule has 0 aliphatic rings. The molecule has 92 valence electrons. The predicted octanol–water partition coefficient (Wildman–Crippen LogP) is 2.10. The summed E-state index contributed by atoms with van der Waals surface area (Å²) >= 11 is 0. The van der Waals surface area contributed by atoms with Crippen molar-refractivity contribution in [2.24, 2.45) is 0 Å². The molecule has 0 aliphatic carbocycles. The van der Waals surface area contributed by atoms with Gasteiger partial charge in [0.2, 0.25) is 0 Å². The van der Waals surface area contributed by atoms with Gasteiger partial charge in [-0.1, -0.05) is 12.1 Å². The van der Waals surface area contributed by atoms with E-state index >= 15 is 0 Å². The van der Waals surface area contributed by atoms with Crippen LogP contribution in [0.25, 0.3) is 0 Å². The molecule has 0 bridgehead atoms. The number of carboxylic acid groups (broad SMARTS) is 1. The fourth-order valence-electron chi connectivity index (χ4n) is 1.03. The summed E-state index contributed by atoms with van der Waals surface area (Å²) < 4.78 is 38.3. The molecule has 0 fully saturated rings. The first-order chi connectivity index (χ1) is 7.79. The van der Waals surface area contributed by atoms with Crippen LogP contribution < -0.4 is 0 Å². The maximum absolute atomic E-state index is 11.6. The zero-order chi connectivity index (χ0) is 13.1. The molecule has 0 unspecified atom stereocenters. The van der Waals surface area contributed by atoms with Crippen LogP contribution in [0.15, 0.2) is 24.3 Å². The number of ketones is 1. The second kappa shape index (κ2) is 4.96. The zero-order valence-corrected chi connectivity index (χ0v) is 8.32. The summed E-state index contributed by atoms with van der Waals surface area (Å²) in [4.78, 5) is 21.7. The first-order valence-electron chi connectivity index (χ1n) is 4.37. The Morgan fingerprint density at radius 3 is 2.00 bits per heavy atom. The number of carbonyl (C=O) groups excluding carboxylic acids is 1. The van der Waals surface area contributed by atoms with Crippen LogP contribution in [0.2, 0.25) is 0 Å². The number of ether oxygens (including phenoxy) is 1. The largest absolute Gasteiger partial charge is 0.522 e. The lowest BCUT2D eigenvalue weighted by molar-refractivity contribution is -0.318. The number of Topliss-reactive ketones (excluding diaryl/α,β-unsaturated/α-hetero) is 1. The first kappa shape index (κ1) is 13.2. The maximum atomic E-state index is 11.6. The number of carbonyl (C=O) groups is 2. The third kappa shape index (κ3) is 4.23. The standard InChI is InChI=1S/C10H7F3O4/c11-10(12,13)17-5-8(14)6-1-3-7(4-2-6)9(15)16/h1-4H,5H2,(H,15,16). The minimum atomic E-state index is -4.86.